The van der Waals surface area contributed by atoms with Gasteiger partial charge in [0, 0.05) is 25.9 Å². The quantitative estimate of drug-likeness (QED) is 0.808. The Kier molecular flexibility index (Phi) is 6.48. The third kappa shape index (κ3) is 5.59. The molecule has 2 N–H and O–H groups in total. The van der Waals surface area contributed by atoms with Crippen LogP contribution in [0.4, 0.5) is 4.79 Å². The van der Waals surface area contributed by atoms with E-state index in [0.717, 1.165) is 25.7 Å². The van der Waals surface area contributed by atoms with Crippen LogP contribution in [0.1, 0.15) is 51.9 Å². The van der Waals surface area contributed by atoms with E-state index in [9.17, 15) is 14.4 Å². The van der Waals surface area contributed by atoms with Crippen molar-refractivity contribution in [1.82, 2.24) is 10.2 Å². The second kappa shape index (κ2) is 7.87. The number of carboxylic acid groups (broad SMARTS) is 1. The first kappa shape index (κ1) is 16.5. The molecular weight excluding hydrogens is 260 g/mol. The van der Waals surface area contributed by atoms with Crippen LogP contribution in [0.15, 0.2) is 0 Å². The molecule has 0 bridgehead atoms. The Morgan fingerprint density at radius 2 is 1.80 bits per heavy atom. The van der Waals surface area contributed by atoms with Gasteiger partial charge in [-0.05, 0) is 18.8 Å². The average Bonchev–Trinajstić information content (AvgIpc) is 2.37. The molecule has 6 heteroatoms. The molecule has 1 aliphatic carbocycles. The van der Waals surface area contributed by atoms with E-state index >= 15 is 0 Å². The Labute approximate surface area is 119 Å². The number of urea groups is 1. The Balaban J connectivity index is 2.36. The van der Waals surface area contributed by atoms with E-state index in [1.807, 2.05) is 0 Å². The summed E-state index contributed by atoms with van der Waals surface area (Å²) < 4.78 is 0. The van der Waals surface area contributed by atoms with Crippen LogP contribution in [-0.2, 0) is 9.59 Å². The van der Waals surface area contributed by atoms with Crippen LogP contribution >= 0.6 is 0 Å². The molecule has 0 aliphatic heterocycles. The summed E-state index contributed by atoms with van der Waals surface area (Å²) in [6.45, 7) is 1.68. The topological polar surface area (TPSA) is 86.7 Å². The molecule has 0 aromatic heterocycles. The summed E-state index contributed by atoms with van der Waals surface area (Å²) >= 11 is 0. The molecule has 1 aliphatic rings. The van der Waals surface area contributed by atoms with Gasteiger partial charge in [0.15, 0.2) is 0 Å². The Hall–Kier alpha value is -1.59. The van der Waals surface area contributed by atoms with Crippen LogP contribution in [0.3, 0.4) is 0 Å². The van der Waals surface area contributed by atoms with E-state index in [0.29, 0.717) is 0 Å². The van der Waals surface area contributed by atoms with Crippen molar-refractivity contribution in [3.63, 3.8) is 0 Å². The fraction of sp³-hybridized carbons (Fsp3) is 0.786. The zero-order chi connectivity index (χ0) is 15.1. The van der Waals surface area contributed by atoms with Crippen molar-refractivity contribution in [2.75, 3.05) is 7.05 Å². The fourth-order valence-electron chi connectivity index (χ4n) is 2.58. The van der Waals surface area contributed by atoms with Crippen molar-refractivity contribution in [3.8, 4) is 0 Å². The Bertz CT molecular complexity index is 364. The van der Waals surface area contributed by atoms with Crippen molar-refractivity contribution in [1.29, 1.82) is 0 Å². The number of imide groups is 1. The number of carbonyl (C=O) groups excluding carboxylic acids is 2. The maximum Gasteiger partial charge on any atom is 0.324 e. The third-order valence-corrected chi connectivity index (χ3v) is 3.75. The average molecular weight is 284 g/mol. The van der Waals surface area contributed by atoms with Gasteiger partial charge >= 0.3 is 12.0 Å². The van der Waals surface area contributed by atoms with Gasteiger partial charge in [-0.2, -0.15) is 0 Å². The van der Waals surface area contributed by atoms with Gasteiger partial charge in [0.05, 0.1) is 0 Å². The van der Waals surface area contributed by atoms with Gasteiger partial charge in [-0.15, -0.1) is 0 Å². The minimum absolute atomic E-state index is 0.0521. The summed E-state index contributed by atoms with van der Waals surface area (Å²) in [7, 11) is 1.71. The van der Waals surface area contributed by atoms with Crippen LogP contribution in [0, 0.1) is 5.92 Å². The highest BCUT2D eigenvalue weighted by Crippen LogP contribution is 2.21. The SMILES string of the molecule is CC(CC(=O)O)CC(=O)NC(=O)N(C)C1CCCCC1. The number of nitrogens with zero attached hydrogens (tertiary/aromatic N) is 1. The standard InChI is InChI=1S/C14H24N2O4/c1-10(9-13(18)19)8-12(17)15-14(20)16(2)11-6-4-3-5-7-11/h10-11H,3-9H2,1-2H3,(H,18,19)(H,15,17,20). The maximum atomic E-state index is 11.9. The fourth-order valence-corrected chi connectivity index (χ4v) is 2.58. The summed E-state index contributed by atoms with van der Waals surface area (Å²) in [4.78, 5) is 35.7. The molecule has 0 heterocycles. The smallest absolute Gasteiger partial charge is 0.324 e. The van der Waals surface area contributed by atoms with E-state index in [2.05, 4.69) is 5.32 Å². The lowest BCUT2D eigenvalue weighted by atomic mass is 9.95. The van der Waals surface area contributed by atoms with Gasteiger partial charge in [0.2, 0.25) is 5.91 Å². The van der Waals surface area contributed by atoms with E-state index in [4.69, 9.17) is 5.11 Å². The van der Waals surface area contributed by atoms with Crippen molar-refractivity contribution in [2.45, 2.75) is 57.9 Å². The van der Waals surface area contributed by atoms with Gasteiger partial charge in [-0.3, -0.25) is 14.9 Å². The molecule has 114 valence electrons. The second-order valence-electron chi connectivity index (χ2n) is 5.66. The zero-order valence-electron chi connectivity index (χ0n) is 12.2. The van der Waals surface area contributed by atoms with Crippen molar-refractivity contribution < 1.29 is 19.5 Å². The maximum absolute atomic E-state index is 11.9. The highest BCUT2D eigenvalue weighted by atomic mass is 16.4. The predicted octanol–water partition coefficient (Wildman–Crippen LogP) is 1.99. The first-order valence-electron chi connectivity index (χ1n) is 7.18. The molecule has 3 amide bonds. The molecule has 1 atom stereocenters. The predicted molar refractivity (Wildman–Crippen MR) is 74.2 cm³/mol. The zero-order valence-corrected chi connectivity index (χ0v) is 12.2. The lowest BCUT2D eigenvalue weighted by Crippen LogP contribution is -2.46. The van der Waals surface area contributed by atoms with Crippen molar-refractivity contribution >= 4 is 17.9 Å². The number of rotatable bonds is 5. The summed E-state index contributed by atoms with van der Waals surface area (Å²) in [6.07, 6.45) is 5.38. The van der Waals surface area contributed by atoms with Crippen LogP contribution in [0.2, 0.25) is 0 Å². The molecule has 20 heavy (non-hydrogen) atoms. The van der Waals surface area contributed by atoms with Crippen LogP contribution in [0.5, 0.6) is 0 Å². The number of hydrogen-bond acceptors (Lipinski definition) is 3. The molecule has 0 aromatic carbocycles. The molecule has 0 radical (unpaired) electrons. The molecule has 1 saturated carbocycles. The number of aliphatic carboxylic acids is 1. The monoisotopic (exact) mass is 284 g/mol. The number of carbonyl (C=O) groups is 3. The molecule has 0 aromatic rings. The van der Waals surface area contributed by atoms with Crippen LogP contribution in [0.25, 0.3) is 0 Å². The van der Waals surface area contributed by atoms with Gasteiger partial charge in [0.1, 0.15) is 0 Å². The lowest BCUT2D eigenvalue weighted by molar-refractivity contribution is -0.138. The molecule has 0 saturated heterocycles. The molecule has 1 unspecified atom stereocenters. The van der Waals surface area contributed by atoms with Gasteiger partial charge < -0.3 is 10.0 Å². The minimum Gasteiger partial charge on any atom is -0.481 e. The first-order valence-corrected chi connectivity index (χ1v) is 7.18. The number of amides is 3. The molecular formula is C14H24N2O4. The lowest BCUT2D eigenvalue weighted by Gasteiger charge is -2.31. The molecule has 0 spiro atoms. The van der Waals surface area contributed by atoms with Crippen molar-refractivity contribution in [3.05, 3.63) is 0 Å². The number of nitrogens with one attached hydrogen (secondary N) is 1. The second-order valence-corrected chi connectivity index (χ2v) is 5.66. The van der Waals surface area contributed by atoms with Gasteiger partial charge in [-0.1, -0.05) is 26.2 Å². The Morgan fingerprint density at radius 1 is 1.20 bits per heavy atom. The highest BCUT2D eigenvalue weighted by molar-refractivity contribution is 5.94. The number of hydrogen-bond donors (Lipinski definition) is 2. The van der Waals surface area contributed by atoms with Crippen molar-refractivity contribution in [2.24, 2.45) is 5.92 Å². The highest BCUT2D eigenvalue weighted by Gasteiger charge is 2.23. The molecule has 6 nitrogen and oxygen atoms in total. The van der Waals surface area contributed by atoms with E-state index in [1.165, 1.54) is 6.42 Å². The van der Waals surface area contributed by atoms with Crippen LogP contribution in [-0.4, -0.2) is 41.0 Å². The summed E-state index contributed by atoms with van der Waals surface area (Å²) in [5, 5.41) is 11.0. The van der Waals surface area contributed by atoms with Crippen LogP contribution < -0.4 is 5.32 Å². The van der Waals surface area contributed by atoms with E-state index in [1.54, 1.807) is 18.9 Å². The number of carboxylic acids is 1. The minimum atomic E-state index is -0.934. The van der Waals surface area contributed by atoms with Gasteiger partial charge in [-0.25, -0.2) is 4.79 Å². The van der Waals surface area contributed by atoms with E-state index < -0.39 is 11.9 Å². The third-order valence-electron chi connectivity index (χ3n) is 3.75. The Morgan fingerprint density at radius 3 is 2.35 bits per heavy atom. The first-order chi connectivity index (χ1) is 9.40. The summed E-state index contributed by atoms with van der Waals surface area (Å²) in [5.41, 5.74) is 0. The van der Waals surface area contributed by atoms with E-state index in [-0.39, 0.29) is 30.8 Å². The summed E-state index contributed by atoms with van der Waals surface area (Å²) in [5.74, 6) is -1.62. The van der Waals surface area contributed by atoms with Gasteiger partial charge in [0.25, 0.3) is 0 Å². The normalized spacial score (nSPS) is 17.3. The summed E-state index contributed by atoms with van der Waals surface area (Å²) in [6, 6.07) is -0.183. The molecule has 1 rings (SSSR count). The molecule has 1 fully saturated rings. The largest absolute Gasteiger partial charge is 0.481 e.